The standard InChI is InChI=1S/C15H13N3O3/c1-17-7-8-13-9(17)3-2-4-10(13)18(15(8)21)11-5-6-12(19)16-14(11)20/h2-4,7,11H,5-6H2,1H3,(H,16,19,20). The molecule has 2 aliphatic heterocycles. The molecule has 1 N–H and O–H groups in total. The molecule has 21 heavy (non-hydrogen) atoms. The van der Waals surface area contributed by atoms with Crippen LogP contribution in [-0.2, 0) is 16.6 Å². The maximum atomic E-state index is 12.7. The molecule has 2 aliphatic rings. The average molecular weight is 283 g/mol. The molecule has 1 fully saturated rings. The van der Waals surface area contributed by atoms with Gasteiger partial charge in [0, 0.05) is 25.1 Å². The molecule has 0 spiro atoms. The van der Waals surface area contributed by atoms with Gasteiger partial charge in [0.2, 0.25) is 11.8 Å². The van der Waals surface area contributed by atoms with E-state index < -0.39 is 11.9 Å². The lowest BCUT2D eigenvalue weighted by atomic mass is 10.0. The molecule has 1 atom stereocenters. The molecule has 0 bridgehead atoms. The van der Waals surface area contributed by atoms with E-state index in [1.807, 2.05) is 29.8 Å². The topological polar surface area (TPSA) is 71.4 Å². The number of hydrogen-bond acceptors (Lipinski definition) is 3. The first kappa shape index (κ1) is 12.1. The average Bonchev–Trinajstić information content (AvgIpc) is 2.92. The van der Waals surface area contributed by atoms with Crippen LogP contribution >= 0.6 is 0 Å². The van der Waals surface area contributed by atoms with E-state index in [1.54, 1.807) is 6.20 Å². The summed E-state index contributed by atoms with van der Waals surface area (Å²) < 4.78 is 1.91. The first-order valence-corrected chi connectivity index (χ1v) is 6.83. The Labute approximate surface area is 120 Å². The third kappa shape index (κ3) is 1.50. The number of hydrogen-bond donors (Lipinski definition) is 1. The minimum absolute atomic E-state index is 0.170. The Morgan fingerprint density at radius 2 is 2.05 bits per heavy atom. The highest BCUT2D eigenvalue weighted by Crippen LogP contribution is 2.40. The highest BCUT2D eigenvalue weighted by atomic mass is 16.2. The Morgan fingerprint density at radius 3 is 2.81 bits per heavy atom. The largest absolute Gasteiger partial charge is 0.350 e. The van der Waals surface area contributed by atoms with E-state index in [9.17, 15) is 14.4 Å². The summed E-state index contributed by atoms with van der Waals surface area (Å²) in [5, 5.41) is 3.20. The van der Waals surface area contributed by atoms with Crippen LogP contribution in [0.15, 0.2) is 24.4 Å². The van der Waals surface area contributed by atoms with Crippen LogP contribution in [0.3, 0.4) is 0 Å². The summed E-state index contributed by atoms with van der Waals surface area (Å²) in [7, 11) is 1.89. The molecule has 0 radical (unpaired) electrons. The third-order valence-electron chi connectivity index (χ3n) is 4.22. The molecule has 106 valence electrons. The molecule has 2 aromatic rings. The Bertz CT molecular complexity index is 821. The molecule has 4 rings (SSSR count). The lowest BCUT2D eigenvalue weighted by Gasteiger charge is -2.30. The Balaban J connectivity index is 1.85. The predicted molar refractivity (Wildman–Crippen MR) is 75.9 cm³/mol. The van der Waals surface area contributed by atoms with E-state index in [2.05, 4.69) is 5.32 Å². The van der Waals surface area contributed by atoms with E-state index in [1.165, 1.54) is 4.90 Å². The summed E-state index contributed by atoms with van der Waals surface area (Å²) in [5.74, 6) is -0.845. The molecule has 1 aromatic carbocycles. The first-order chi connectivity index (χ1) is 10.1. The normalized spacial score (nSPS) is 21.3. The zero-order valence-electron chi connectivity index (χ0n) is 11.4. The zero-order chi connectivity index (χ0) is 14.7. The second kappa shape index (κ2) is 3.94. The van der Waals surface area contributed by atoms with Gasteiger partial charge in [-0.1, -0.05) is 6.07 Å². The van der Waals surface area contributed by atoms with Crippen molar-refractivity contribution in [2.24, 2.45) is 7.05 Å². The molecule has 1 unspecified atom stereocenters. The summed E-state index contributed by atoms with van der Waals surface area (Å²) in [6.07, 6.45) is 2.42. The van der Waals surface area contributed by atoms with Crippen molar-refractivity contribution in [1.29, 1.82) is 0 Å². The fraction of sp³-hybridized carbons (Fsp3) is 0.267. The van der Waals surface area contributed by atoms with Crippen LogP contribution < -0.4 is 10.2 Å². The van der Waals surface area contributed by atoms with Crippen molar-refractivity contribution in [2.75, 3.05) is 4.90 Å². The molecule has 0 saturated carbocycles. The van der Waals surface area contributed by atoms with Gasteiger partial charge < -0.3 is 4.57 Å². The molecule has 1 aromatic heterocycles. The van der Waals surface area contributed by atoms with Crippen LogP contribution in [0.5, 0.6) is 0 Å². The Hall–Kier alpha value is -2.63. The fourth-order valence-corrected chi connectivity index (χ4v) is 3.27. The van der Waals surface area contributed by atoms with Gasteiger partial charge in [-0.2, -0.15) is 0 Å². The van der Waals surface area contributed by atoms with Crippen molar-refractivity contribution in [2.45, 2.75) is 18.9 Å². The van der Waals surface area contributed by atoms with Gasteiger partial charge in [0.25, 0.3) is 5.91 Å². The van der Waals surface area contributed by atoms with Crippen molar-refractivity contribution in [1.82, 2.24) is 9.88 Å². The van der Waals surface area contributed by atoms with Crippen LogP contribution in [0.2, 0.25) is 0 Å². The van der Waals surface area contributed by atoms with Crippen LogP contribution in [0.1, 0.15) is 23.2 Å². The molecule has 3 amide bonds. The van der Waals surface area contributed by atoms with Crippen molar-refractivity contribution in [3.8, 4) is 0 Å². The Kier molecular flexibility index (Phi) is 2.28. The molecule has 0 aliphatic carbocycles. The second-order valence-corrected chi connectivity index (χ2v) is 5.47. The van der Waals surface area contributed by atoms with Gasteiger partial charge in [-0.05, 0) is 18.6 Å². The van der Waals surface area contributed by atoms with Gasteiger partial charge in [-0.15, -0.1) is 0 Å². The maximum Gasteiger partial charge on any atom is 0.261 e. The number of rotatable bonds is 1. The summed E-state index contributed by atoms with van der Waals surface area (Å²) in [5.41, 5.74) is 2.33. The molecule has 1 saturated heterocycles. The van der Waals surface area contributed by atoms with E-state index >= 15 is 0 Å². The second-order valence-electron chi connectivity index (χ2n) is 5.47. The summed E-state index contributed by atoms with van der Waals surface area (Å²) in [6, 6.07) is 5.06. The lowest BCUT2D eigenvalue weighted by Crippen LogP contribution is -2.53. The van der Waals surface area contributed by atoms with Crippen molar-refractivity contribution in [3.63, 3.8) is 0 Å². The summed E-state index contributed by atoms with van der Waals surface area (Å²) >= 11 is 0. The van der Waals surface area contributed by atoms with Gasteiger partial charge in [-0.25, -0.2) is 0 Å². The minimum atomic E-state index is -0.612. The number of aryl methyl sites for hydroxylation is 1. The number of nitrogens with zero attached hydrogens (tertiary/aromatic N) is 2. The SMILES string of the molecule is Cn1cc2c3c(cccc31)N(C1CCC(=O)NC1=O)C2=O. The van der Waals surface area contributed by atoms with Gasteiger partial charge in [-0.3, -0.25) is 24.6 Å². The lowest BCUT2D eigenvalue weighted by molar-refractivity contribution is -0.134. The van der Waals surface area contributed by atoms with Crippen molar-refractivity contribution in [3.05, 3.63) is 30.0 Å². The van der Waals surface area contributed by atoms with Crippen LogP contribution in [0.4, 0.5) is 5.69 Å². The molecule has 6 heteroatoms. The smallest absolute Gasteiger partial charge is 0.261 e. The van der Waals surface area contributed by atoms with Crippen LogP contribution in [0.25, 0.3) is 10.9 Å². The monoisotopic (exact) mass is 283 g/mol. The highest BCUT2D eigenvalue weighted by molar-refractivity contribution is 6.27. The number of carbonyl (C=O) groups excluding carboxylic acids is 3. The van der Waals surface area contributed by atoms with Gasteiger partial charge in [0.1, 0.15) is 6.04 Å². The van der Waals surface area contributed by atoms with Crippen LogP contribution in [-0.4, -0.2) is 28.3 Å². The number of amides is 3. The zero-order valence-corrected chi connectivity index (χ0v) is 11.4. The maximum absolute atomic E-state index is 12.7. The van der Waals surface area contributed by atoms with Crippen molar-refractivity contribution < 1.29 is 14.4 Å². The number of carbonyl (C=O) groups is 3. The van der Waals surface area contributed by atoms with E-state index in [4.69, 9.17) is 0 Å². The van der Waals surface area contributed by atoms with Gasteiger partial charge >= 0.3 is 0 Å². The number of benzene rings is 1. The number of aromatic nitrogens is 1. The van der Waals surface area contributed by atoms with Gasteiger partial charge in [0.15, 0.2) is 0 Å². The molecular weight excluding hydrogens is 270 g/mol. The number of anilines is 1. The van der Waals surface area contributed by atoms with Crippen LogP contribution in [0, 0.1) is 0 Å². The summed E-state index contributed by atoms with van der Waals surface area (Å²) in [6.45, 7) is 0. The number of imide groups is 1. The first-order valence-electron chi connectivity index (χ1n) is 6.83. The van der Waals surface area contributed by atoms with E-state index in [-0.39, 0.29) is 18.2 Å². The Morgan fingerprint density at radius 1 is 1.24 bits per heavy atom. The van der Waals surface area contributed by atoms with Crippen molar-refractivity contribution >= 4 is 34.3 Å². The third-order valence-corrected chi connectivity index (χ3v) is 4.22. The predicted octanol–water partition coefficient (Wildman–Crippen LogP) is 0.944. The van der Waals surface area contributed by atoms with E-state index in [0.717, 1.165) is 16.6 Å². The molecule has 6 nitrogen and oxygen atoms in total. The molecule has 3 heterocycles. The van der Waals surface area contributed by atoms with E-state index in [0.29, 0.717) is 12.0 Å². The fourth-order valence-electron chi connectivity index (χ4n) is 3.27. The number of piperidine rings is 1. The minimum Gasteiger partial charge on any atom is -0.350 e. The summed E-state index contributed by atoms with van der Waals surface area (Å²) in [4.78, 5) is 37.5. The molecular formula is C15H13N3O3. The number of nitrogens with one attached hydrogen (secondary N) is 1. The highest BCUT2D eigenvalue weighted by Gasteiger charge is 2.41. The van der Waals surface area contributed by atoms with Gasteiger partial charge in [0.05, 0.1) is 16.8 Å². The quantitative estimate of drug-likeness (QED) is 0.792.